The van der Waals surface area contributed by atoms with E-state index in [1.807, 2.05) is 97.7 Å². The van der Waals surface area contributed by atoms with Crippen LogP contribution in [0.5, 0.6) is 5.75 Å². The molecule has 0 spiro atoms. The Morgan fingerprint density at radius 2 is 1.52 bits per heavy atom. The van der Waals surface area contributed by atoms with Gasteiger partial charge in [-0.1, -0.05) is 109 Å². The van der Waals surface area contributed by atoms with Gasteiger partial charge in [0.25, 0.3) is 0 Å². The first kappa shape index (κ1) is 40.7. The van der Waals surface area contributed by atoms with Crippen LogP contribution in [0.4, 0.5) is 0 Å². The van der Waals surface area contributed by atoms with Gasteiger partial charge in [0, 0.05) is 31.6 Å². The van der Waals surface area contributed by atoms with E-state index in [4.69, 9.17) is 9.47 Å². The minimum Gasteiger partial charge on any atom is -0.508 e. The highest BCUT2D eigenvalue weighted by Crippen LogP contribution is 2.38. The third kappa shape index (κ3) is 11.1. The van der Waals surface area contributed by atoms with Crippen LogP contribution in [0.3, 0.4) is 0 Å². The first-order valence-electron chi connectivity index (χ1n) is 18.6. The number of aliphatic hydroxyl groups is 2. The van der Waals surface area contributed by atoms with Gasteiger partial charge in [-0.15, -0.1) is 0 Å². The maximum absolute atomic E-state index is 13.6. The minimum absolute atomic E-state index is 0.0595. The zero-order valence-electron chi connectivity index (χ0n) is 31.5. The molecule has 1 unspecified atom stereocenters. The molecule has 0 aromatic heterocycles. The third-order valence-electron chi connectivity index (χ3n) is 9.82. The van der Waals surface area contributed by atoms with Crippen molar-refractivity contribution in [3.63, 3.8) is 0 Å². The van der Waals surface area contributed by atoms with Crippen molar-refractivity contribution in [3.05, 3.63) is 166 Å². The third-order valence-corrected chi connectivity index (χ3v) is 11.3. The van der Waals surface area contributed by atoms with Crippen LogP contribution in [0.25, 0.3) is 0 Å². The van der Waals surface area contributed by atoms with Gasteiger partial charge >= 0.3 is 0 Å². The van der Waals surface area contributed by atoms with Crippen molar-refractivity contribution < 1.29 is 38.0 Å². The number of hydrogen-bond donors (Lipinski definition) is 5. The number of sulfonamides is 1. The van der Waals surface area contributed by atoms with Crippen LogP contribution in [0.1, 0.15) is 63.9 Å². The molecule has 1 heterocycles. The fourth-order valence-electron chi connectivity index (χ4n) is 6.70. The molecule has 1 saturated heterocycles. The maximum Gasteiger partial charge on any atom is 0.241 e. The second kappa shape index (κ2) is 18.8. The van der Waals surface area contributed by atoms with Gasteiger partial charge in [-0.2, -0.15) is 4.72 Å². The average Bonchev–Trinajstić information content (AvgIpc) is 3.20. The molecule has 56 heavy (non-hydrogen) atoms. The summed E-state index contributed by atoms with van der Waals surface area (Å²) in [6.45, 7) is 2.81. The van der Waals surface area contributed by atoms with E-state index >= 15 is 0 Å². The summed E-state index contributed by atoms with van der Waals surface area (Å²) in [5, 5.41) is 33.2. The Labute approximate surface area is 328 Å². The van der Waals surface area contributed by atoms with Crippen molar-refractivity contribution in [3.8, 4) is 5.75 Å². The highest BCUT2D eigenvalue weighted by Gasteiger charge is 2.33. The molecule has 5 aromatic carbocycles. The van der Waals surface area contributed by atoms with E-state index in [0.717, 1.165) is 33.4 Å². The number of carbonyl (C=O) groups is 1. The summed E-state index contributed by atoms with van der Waals surface area (Å²) in [6.07, 6.45) is -1.36. The lowest BCUT2D eigenvalue weighted by atomic mass is 9.99. The maximum atomic E-state index is 13.6. The molecular weight excluding hydrogens is 731 g/mol. The zero-order chi connectivity index (χ0) is 39.7. The lowest BCUT2D eigenvalue weighted by Gasteiger charge is -2.38. The lowest BCUT2D eigenvalue weighted by molar-refractivity contribution is -0.252. The smallest absolute Gasteiger partial charge is 0.241 e. The summed E-state index contributed by atoms with van der Waals surface area (Å²) >= 11 is 0. The van der Waals surface area contributed by atoms with Crippen molar-refractivity contribution in [1.29, 1.82) is 0 Å². The number of nitrogens with one attached hydrogen (secondary N) is 2. The normalized spacial score (nSPS) is 18.3. The number of carbonyl (C=O) groups excluding carboxylic acids is 1. The van der Waals surface area contributed by atoms with Crippen LogP contribution in [0, 0.1) is 6.92 Å². The summed E-state index contributed by atoms with van der Waals surface area (Å²) in [7, 11) is -2.07. The Morgan fingerprint density at radius 3 is 2.20 bits per heavy atom. The number of rotatable bonds is 16. The van der Waals surface area contributed by atoms with Gasteiger partial charge in [0.2, 0.25) is 15.9 Å². The molecule has 1 aliphatic rings. The summed E-state index contributed by atoms with van der Waals surface area (Å²) in [5.41, 5.74) is 5.68. The first-order chi connectivity index (χ1) is 26.9. The second-order valence-corrected chi connectivity index (χ2v) is 16.0. The molecule has 1 fully saturated rings. The number of aryl methyl sites for hydroxylation is 1. The van der Waals surface area contributed by atoms with Gasteiger partial charge < -0.3 is 35.0 Å². The van der Waals surface area contributed by atoms with Crippen LogP contribution in [-0.2, 0) is 43.9 Å². The van der Waals surface area contributed by atoms with Crippen LogP contribution in [-0.4, -0.2) is 66.8 Å². The predicted molar refractivity (Wildman–Crippen MR) is 213 cm³/mol. The monoisotopic (exact) mass is 779 g/mol. The number of phenols is 1. The number of ether oxygens (including phenoxy) is 2. The van der Waals surface area contributed by atoms with Crippen LogP contribution < -0.4 is 10.0 Å². The van der Waals surface area contributed by atoms with Gasteiger partial charge in [0.1, 0.15) is 11.8 Å². The van der Waals surface area contributed by atoms with Crippen LogP contribution >= 0.6 is 0 Å². The fourth-order valence-corrected chi connectivity index (χ4v) is 7.90. The number of benzene rings is 5. The molecule has 1 aliphatic heterocycles. The van der Waals surface area contributed by atoms with Crippen molar-refractivity contribution in [2.75, 3.05) is 20.1 Å². The van der Waals surface area contributed by atoms with Gasteiger partial charge in [0.15, 0.2) is 6.29 Å². The van der Waals surface area contributed by atoms with E-state index in [2.05, 4.69) is 10.0 Å². The minimum atomic E-state index is -3.98. The SMILES string of the molecule is Cc1ccc(S(=O)(=O)N[C@H](Cc2ccccc2)C(=O)NCc2ccc(C3O[C@H](CN(C)C[C@@H](O)c4cccc(O)c4)C[C@H](c4ccc(CO)cc4)O3)cc2)cc1. The Hall–Kier alpha value is -4.92. The topological polar surface area (TPSA) is 158 Å². The molecule has 5 atom stereocenters. The summed E-state index contributed by atoms with van der Waals surface area (Å²) in [4.78, 5) is 15.6. The molecular formula is C44H49N3O8S. The Bertz CT molecular complexity index is 2130. The Kier molecular flexibility index (Phi) is 13.7. The van der Waals surface area contributed by atoms with Gasteiger partial charge in [-0.25, -0.2) is 8.42 Å². The van der Waals surface area contributed by atoms with Gasteiger partial charge in [-0.3, -0.25) is 4.79 Å². The van der Waals surface area contributed by atoms with Crippen molar-refractivity contribution in [1.82, 2.24) is 14.9 Å². The van der Waals surface area contributed by atoms with E-state index < -0.39 is 34.4 Å². The Balaban J connectivity index is 1.13. The number of aromatic hydroxyl groups is 1. The molecule has 0 aliphatic carbocycles. The van der Waals surface area contributed by atoms with Crippen molar-refractivity contribution in [2.24, 2.45) is 0 Å². The molecule has 5 aromatic rings. The number of nitrogens with zero attached hydrogens (tertiary/aromatic N) is 1. The molecule has 0 radical (unpaired) electrons. The van der Waals surface area contributed by atoms with Gasteiger partial charge in [0.05, 0.1) is 29.8 Å². The standard InChI is InChI=1S/C44H49N3O8S/c1-30-11-21-39(22-12-30)56(52,53)46-40(23-31-7-4-3-5-8-31)43(51)45-26-32-13-19-35(20-14-32)44-54-38(25-42(55-44)34-17-15-33(29-48)16-18-34)27-47(2)28-41(50)36-9-6-10-37(49)24-36/h3-22,24,38,40-42,44,46,48-50H,23,25-29H2,1-2H3,(H,45,51)/t38-,40+,41+,42+,44?/m0/s1. The van der Waals surface area contributed by atoms with Gasteiger partial charge in [-0.05, 0) is 72.5 Å². The number of phenolic OH excluding ortho intramolecular Hbond substituents is 1. The Morgan fingerprint density at radius 1 is 0.839 bits per heavy atom. The molecule has 1 amide bonds. The van der Waals surface area contributed by atoms with Crippen LogP contribution in [0.15, 0.2) is 132 Å². The molecule has 0 bridgehead atoms. The predicted octanol–water partition coefficient (Wildman–Crippen LogP) is 5.61. The summed E-state index contributed by atoms with van der Waals surface area (Å²) < 4.78 is 42.2. The second-order valence-electron chi connectivity index (χ2n) is 14.3. The number of aliphatic hydroxyl groups excluding tert-OH is 2. The largest absolute Gasteiger partial charge is 0.508 e. The first-order valence-corrected chi connectivity index (χ1v) is 20.1. The molecule has 12 heteroatoms. The molecule has 6 rings (SSSR count). The van der Waals surface area contributed by atoms with E-state index in [-0.39, 0.29) is 42.4 Å². The fraction of sp³-hybridized carbons (Fsp3) is 0.295. The molecule has 294 valence electrons. The van der Waals surface area contributed by atoms with E-state index in [1.54, 1.807) is 36.4 Å². The van der Waals surface area contributed by atoms with Crippen LogP contribution in [0.2, 0.25) is 0 Å². The molecule has 0 saturated carbocycles. The highest BCUT2D eigenvalue weighted by atomic mass is 32.2. The quantitative estimate of drug-likeness (QED) is 0.0859. The van der Waals surface area contributed by atoms with Crippen molar-refractivity contribution in [2.45, 2.75) is 68.5 Å². The van der Waals surface area contributed by atoms with E-state index in [0.29, 0.717) is 25.1 Å². The zero-order valence-corrected chi connectivity index (χ0v) is 32.3. The van der Waals surface area contributed by atoms with E-state index in [1.165, 1.54) is 12.1 Å². The lowest BCUT2D eigenvalue weighted by Crippen LogP contribution is -2.47. The number of hydrogen-bond acceptors (Lipinski definition) is 9. The van der Waals surface area contributed by atoms with E-state index in [9.17, 15) is 28.5 Å². The van der Waals surface area contributed by atoms with Crippen molar-refractivity contribution >= 4 is 15.9 Å². The average molecular weight is 780 g/mol. The molecule has 11 nitrogen and oxygen atoms in total. The highest BCUT2D eigenvalue weighted by molar-refractivity contribution is 7.89. The molecule has 5 N–H and O–H groups in total. The summed E-state index contributed by atoms with van der Waals surface area (Å²) in [5.74, 6) is -0.361. The number of likely N-dealkylation sites (N-methyl/N-ethyl adjacent to an activating group) is 1. The summed E-state index contributed by atoms with van der Waals surface area (Å²) in [6, 6.07) is 36.4. The number of amides is 1.